The van der Waals surface area contributed by atoms with Crippen molar-refractivity contribution in [3.63, 3.8) is 0 Å². The van der Waals surface area contributed by atoms with Crippen LogP contribution in [-0.2, 0) is 23.9 Å². The molecule has 1 unspecified atom stereocenters. The van der Waals surface area contributed by atoms with Crippen molar-refractivity contribution in [3.05, 3.63) is 41.3 Å². The number of nitrogen functional groups attached to an aromatic ring is 1. The van der Waals surface area contributed by atoms with Gasteiger partial charge in [0.1, 0.15) is 28.8 Å². The van der Waals surface area contributed by atoms with Gasteiger partial charge in [0.15, 0.2) is 5.70 Å². The predicted octanol–water partition coefficient (Wildman–Crippen LogP) is 1.18. The Bertz CT molecular complexity index is 1020. The van der Waals surface area contributed by atoms with Gasteiger partial charge < -0.3 is 30.9 Å². The van der Waals surface area contributed by atoms with Crippen molar-refractivity contribution in [1.29, 1.82) is 0 Å². The number of carboxylic acid groups (broad SMARTS) is 1. The molecule has 0 bridgehead atoms. The molecule has 3 atom stereocenters. The van der Waals surface area contributed by atoms with E-state index in [1.165, 1.54) is 24.9 Å². The summed E-state index contributed by atoms with van der Waals surface area (Å²) < 4.78 is 10.4. The summed E-state index contributed by atoms with van der Waals surface area (Å²) in [7, 11) is 1.33. The van der Waals surface area contributed by atoms with Crippen molar-refractivity contribution in [3.8, 4) is 0 Å². The first-order valence-corrected chi connectivity index (χ1v) is 11.1. The molecule has 2 aliphatic heterocycles. The summed E-state index contributed by atoms with van der Waals surface area (Å²) in [5.41, 5.74) is 5.58. The molecular weight excluding hydrogens is 452 g/mol. The van der Waals surface area contributed by atoms with Crippen LogP contribution in [0.4, 0.5) is 10.5 Å². The highest BCUT2D eigenvalue weighted by atomic mass is 32.2. The largest absolute Gasteiger partial charge is 0.498 e. The van der Waals surface area contributed by atoms with Gasteiger partial charge in [0.05, 0.1) is 12.9 Å². The van der Waals surface area contributed by atoms with E-state index in [1.807, 2.05) is 0 Å². The number of alkyl carbamates (subject to hydrolysis) is 1. The van der Waals surface area contributed by atoms with Crippen LogP contribution in [0.3, 0.4) is 0 Å². The molecule has 1 saturated heterocycles. The Labute approximate surface area is 194 Å². The average Bonchev–Trinajstić information content (AvgIpc) is 2.73. The number of carbonyl (C=O) groups excluding carboxylic acids is 3. The Morgan fingerprint density at radius 1 is 1.30 bits per heavy atom. The number of aliphatic carboxylic acids is 1. The molecule has 0 aromatic heterocycles. The van der Waals surface area contributed by atoms with E-state index in [0.717, 1.165) is 4.90 Å². The van der Waals surface area contributed by atoms with Gasteiger partial charge in [-0.3, -0.25) is 14.5 Å². The van der Waals surface area contributed by atoms with E-state index < -0.39 is 46.9 Å². The van der Waals surface area contributed by atoms with E-state index >= 15 is 0 Å². The van der Waals surface area contributed by atoms with Crippen molar-refractivity contribution in [2.75, 3.05) is 18.6 Å². The summed E-state index contributed by atoms with van der Waals surface area (Å²) in [6.45, 7) is 5.06. The second-order valence-corrected chi connectivity index (χ2v) is 9.53. The van der Waals surface area contributed by atoms with E-state index in [-0.39, 0.29) is 17.2 Å². The Hall–Kier alpha value is -3.41. The highest BCUT2D eigenvalue weighted by Crippen LogP contribution is 2.40. The monoisotopic (exact) mass is 478 g/mol. The van der Waals surface area contributed by atoms with Crippen LogP contribution in [0.5, 0.6) is 0 Å². The minimum Gasteiger partial charge on any atom is -0.498 e. The summed E-state index contributed by atoms with van der Waals surface area (Å²) in [5.74, 6) is -2.14. The molecule has 11 nitrogen and oxygen atoms in total. The van der Waals surface area contributed by atoms with Gasteiger partial charge in [0.2, 0.25) is 5.91 Å². The Morgan fingerprint density at radius 2 is 2.00 bits per heavy atom. The number of β-lactam (4-membered cyclic amide) rings is 1. The molecule has 1 aromatic rings. The average molecular weight is 479 g/mol. The van der Waals surface area contributed by atoms with Crippen molar-refractivity contribution in [1.82, 2.24) is 15.5 Å². The summed E-state index contributed by atoms with van der Waals surface area (Å²) >= 11 is 1.26. The number of nitrogens with zero attached hydrogens (tertiary/aromatic N) is 1. The number of nitrogens with two attached hydrogens (primary N) is 1. The number of anilines is 1. The summed E-state index contributed by atoms with van der Waals surface area (Å²) in [4.78, 5) is 51.0. The molecule has 0 radical (unpaired) electrons. The molecule has 3 amide bonds. The highest BCUT2D eigenvalue weighted by molar-refractivity contribution is 8.00. The van der Waals surface area contributed by atoms with Crippen molar-refractivity contribution in [2.24, 2.45) is 0 Å². The zero-order valence-electron chi connectivity index (χ0n) is 18.6. The first-order chi connectivity index (χ1) is 15.4. The maximum absolute atomic E-state index is 13.2. The minimum absolute atomic E-state index is 0.172. The van der Waals surface area contributed by atoms with Gasteiger partial charge in [-0.05, 0) is 38.5 Å². The molecule has 2 aliphatic rings. The third-order valence-corrected chi connectivity index (χ3v) is 6.10. The molecule has 1 fully saturated rings. The van der Waals surface area contributed by atoms with Crippen LogP contribution >= 0.6 is 11.8 Å². The second-order valence-electron chi connectivity index (χ2n) is 8.43. The van der Waals surface area contributed by atoms with Gasteiger partial charge in [-0.25, -0.2) is 9.59 Å². The number of ether oxygens (including phenoxy) is 2. The molecular formula is C21H26N4O7S. The number of benzene rings is 1. The van der Waals surface area contributed by atoms with E-state index in [4.69, 9.17) is 15.2 Å². The maximum atomic E-state index is 13.2. The number of fused-ring (bicyclic) bond motifs is 1. The minimum atomic E-state index is -1.29. The van der Waals surface area contributed by atoms with Crippen LogP contribution in [0.1, 0.15) is 32.4 Å². The lowest BCUT2D eigenvalue weighted by molar-refractivity contribution is -0.151. The lowest BCUT2D eigenvalue weighted by Crippen LogP contribution is -2.71. The van der Waals surface area contributed by atoms with Crippen molar-refractivity contribution < 1.29 is 33.8 Å². The Morgan fingerprint density at radius 3 is 2.58 bits per heavy atom. The number of amides is 3. The molecule has 12 heteroatoms. The number of hydrogen-bond acceptors (Lipinski definition) is 8. The number of rotatable bonds is 6. The van der Waals surface area contributed by atoms with Gasteiger partial charge in [-0.15, -0.1) is 11.8 Å². The molecule has 0 aliphatic carbocycles. The van der Waals surface area contributed by atoms with E-state index in [0.29, 0.717) is 11.3 Å². The number of hydrogen-bond donors (Lipinski definition) is 4. The zero-order chi connectivity index (χ0) is 24.5. The molecule has 3 rings (SSSR count). The summed E-state index contributed by atoms with van der Waals surface area (Å²) in [6.07, 6.45) is -0.820. The summed E-state index contributed by atoms with van der Waals surface area (Å²) in [6, 6.07) is 4.23. The van der Waals surface area contributed by atoms with Gasteiger partial charge in [0.25, 0.3) is 5.91 Å². The standard InChI is InChI=1S/C21H26N4O7S/c1-21(2,3)32-20(30)24-13(10-6-5-7-11(22)8-10)16(26)23-14-17(27)25-15(19(28)29)12(31-4)9-33-18(14)25/h5-8,13-14,18H,9,22H2,1-4H3,(H,23,26)(H,24,30)(H,28,29)/t13?,14-,18+/m1/s1. The predicted molar refractivity (Wildman–Crippen MR) is 120 cm³/mol. The SMILES string of the molecule is COC1=C(C(=O)O)N2C(=O)[C@@H](NC(=O)C(NC(=O)OC(C)(C)C)c3cccc(N)c3)[C@@H]2SC1. The fraction of sp³-hybridized carbons (Fsp3) is 0.429. The van der Waals surface area contributed by atoms with Crippen LogP contribution < -0.4 is 16.4 Å². The highest BCUT2D eigenvalue weighted by Gasteiger charge is 2.55. The lowest BCUT2D eigenvalue weighted by Gasteiger charge is -2.49. The molecule has 5 N–H and O–H groups in total. The molecule has 0 saturated carbocycles. The van der Waals surface area contributed by atoms with E-state index in [2.05, 4.69) is 10.6 Å². The van der Waals surface area contributed by atoms with E-state index in [9.17, 15) is 24.3 Å². The smallest absolute Gasteiger partial charge is 0.408 e. The molecule has 33 heavy (non-hydrogen) atoms. The fourth-order valence-corrected chi connectivity index (χ4v) is 4.76. The van der Waals surface area contributed by atoms with Gasteiger partial charge in [-0.1, -0.05) is 12.1 Å². The lowest BCUT2D eigenvalue weighted by atomic mass is 10.0. The number of carboxylic acids is 1. The van der Waals surface area contributed by atoms with Gasteiger partial charge in [-0.2, -0.15) is 0 Å². The van der Waals surface area contributed by atoms with Gasteiger partial charge >= 0.3 is 12.1 Å². The second kappa shape index (κ2) is 9.22. The number of thioether (sulfide) groups is 1. The number of nitrogens with one attached hydrogen (secondary N) is 2. The topological polar surface area (TPSA) is 160 Å². The molecule has 0 spiro atoms. The fourth-order valence-electron chi connectivity index (χ4n) is 3.45. The quantitative estimate of drug-likeness (QED) is 0.348. The van der Waals surface area contributed by atoms with Crippen LogP contribution in [0, 0.1) is 0 Å². The van der Waals surface area contributed by atoms with Crippen LogP contribution in [-0.4, -0.2) is 63.8 Å². The Kier molecular flexibility index (Phi) is 6.77. The van der Waals surface area contributed by atoms with Crippen molar-refractivity contribution >= 4 is 41.3 Å². The number of carbonyl (C=O) groups is 4. The molecule has 1 aromatic carbocycles. The zero-order valence-corrected chi connectivity index (χ0v) is 19.4. The van der Waals surface area contributed by atoms with Crippen LogP contribution in [0.25, 0.3) is 0 Å². The first kappa shape index (κ1) is 24.2. The summed E-state index contributed by atoms with van der Waals surface area (Å²) in [5, 5.41) is 14.0. The van der Waals surface area contributed by atoms with Crippen LogP contribution in [0.15, 0.2) is 35.7 Å². The third-order valence-electron chi connectivity index (χ3n) is 4.85. The Balaban J connectivity index is 1.80. The normalized spacial score (nSPS) is 20.8. The van der Waals surface area contributed by atoms with Crippen LogP contribution in [0.2, 0.25) is 0 Å². The number of methoxy groups -OCH3 is 1. The van der Waals surface area contributed by atoms with Crippen molar-refractivity contribution in [2.45, 2.75) is 43.8 Å². The molecule has 178 valence electrons. The molecule has 2 heterocycles. The van der Waals surface area contributed by atoms with E-state index in [1.54, 1.807) is 39.0 Å². The maximum Gasteiger partial charge on any atom is 0.408 e. The third kappa shape index (κ3) is 5.16. The first-order valence-electron chi connectivity index (χ1n) is 10.0. The van der Waals surface area contributed by atoms with Gasteiger partial charge in [0, 0.05) is 5.69 Å².